The third kappa shape index (κ3) is 2.77. The zero-order valence-electron chi connectivity index (χ0n) is 10.8. The van der Waals surface area contributed by atoms with E-state index in [0.29, 0.717) is 31.5 Å². The van der Waals surface area contributed by atoms with Crippen LogP contribution in [0.25, 0.3) is 0 Å². The van der Waals surface area contributed by atoms with E-state index in [1.54, 1.807) is 0 Å². The molecule has 0 radical (unpaired) electrons. The molecule has 0 aromatic heterocycles. The Morgan fingerprint density at radius 2 is 2.10 bits per heavy atom. The van der Waals surface area contributed by atoms with E-state index in [4.69, 9.17) is 0 Å². The summed E-state index contributed by atoms with van der Waals surface area (Å²) in [6.45, 7) is 1.20. The summed E-state index contributed by atoms with van der Waals surface area (Å²) in [6.07, 6.45) is 1.10. The summed E-state index contributed by atoms with van der Waals surface area (Å²) in [5.74, 6) is -1.83. The number of carboxylic acid groups (broad SMARTS) is 1. The monoisotopic (exact) mass is 282 g/mol. The quantitative estimate of drug-likeness (QED) is 0.648. The molecule has 7 heteroatoms. The number of benzene rings is 1. The molecule has 1 aliphatic heterocycles. The zero-order chi connectivity index (χ0) is 14.8. The fourth-order valence-electron chi connectivity index (χ4n) is 2.57. The van der Waals surface area contributed by atoms with Gasteiger partial charge in [0.05, 0.1) is 10.3 Å². The van der Waals surface area contributed by atoms with E-state index in [1.165, 1.54) is 6.07 Å². The van der Waals surface area contributed by atoms with Crippen LogP contribution in [0.2, 0.25) is 0 Å². The molecule has 0 unspecified atom stereocenters. The van der Waals surface area contributed by atoms with Crippen LogP contribution >= 0.6 is 0 Å². The summed E-state index contributed by atoms with van der Waals surface area (Å²) >= 11 is 0. The van der Waals surface area contributed by atoms with Crippen molar-refractivity contribution in [3.8, 4) is 0 Å². The molecule has 20 heavy (non-hydrogen) atoms. The summed E-state index contributed by atoms with van der Waals surface area (Å²) in [6, 6.07) is 3.57. The minimum Gasteiger partial charge on any atom is -0.481 e. The molecule has 1 aliphatic rings. The van der Waals surface area contributed by atoms with E-state index in [2.05, 4.69) is 5.32 Å². The molecule has 2 N–H and O–H groups in total. The predicted octanol–water partition coefficient (Wildman–Crippen LogP) is 1.73. The first-order valence-corrected chi connectivity index (χ1v) is 6.31. The van der Waals surface area contributed by atoms with Crippen LogP contribution in [0.1, 0.15) is 18.4 Å². The number of hydrogen-bond acceptors (Lipinski definition) is 4. The SMILES string of the molecule is O=C(O)C1(Cc2ccc([N+](=O)[O-])c(F)c2)CCNCC1. The highest BCUT2D eigenvalue weighted by Crippen LogP contribution is 2.34. The number of halogens is 1. The van der Waals surface area contributed by atoms with Gasteiger partial charge in [-0.25, -0.2) is 0 Å². The van der Waals surface area contributed by atoms with E-state index in [-0.39, 0.29) is 6.42 Å². The van der Waals surface area contributed by atoms with Crippen molar-refractivity contribution < 1.29 is 19.2 Å². The number of nitro benzene ring substituents is 1. The van der Waals surface area contributed by atoms with Crippen molar-refractivity contribution in [2.24, 2.45) is 5.41 Å². The summed E-state index contributed by atoms with van der Waals surface area (Å²) in [5.41, 5.74) is -1.05. The molecular weight excluding hydrogens is 267 g/mol. The van der Waals surface area contributed by atoms with E-state index < -0.39 is 27.8 Å². The Labute approximate surface area is 114 Å². The number of aliphatic carboxylic acids is 1. The van der Waals surface area contributed by atoms with E-state index >= 15 is 0 Å². The lowest BCUT2D eigenvalue weighted by molar-refractivity contribution is -0.387. The average molecular weight is 282 g/mol. The molecule has 1 fully saturated rings. The van der Waals surface area contributed by atoms with Crippen LogP contribution in [0.3, 0.4) is 0 Å². The van der Waals surface area contributed by atoms with Crippen molar-refractivity contribution in [1.82, 2.24) is 5.32 Å². The second kappa shape index (κ2) is 5.54. The average Bonchev–Trinajstić information content (AvgIpc) is 2.39. The van der Waals surface area contributed by atoms with Gasteiger partial charge in [-0.3, -0.25) is 14.9 Å². The Kier molecular flexibility index (Phi) is 3.99. The number of nitrogens with one attached hydrogen (secondary N) is 1. The number of nitro groups is 1. The maximum absolute atomic E-state index is 13.6. The Balaban J connectivity index is 2.25. The third-order valence-corrected chi connectivity index (χ3v) is 3.77. The molecule has 0 atom stereocenters. The van der Waals surface area contributed by atoms with Gasteiger partial charge in [0, 0.05) is 6.07 Å². The molecule has 0 saturated carbocycles. The van der Waals surface area contributed by atoms with Gasteiger partial charge in [0.1, 0.15) is 0 Å². The molecule has 0 aliphatic carbocycles. The van der Waals surface area contributed by atoms with Crippen LogP contribution in [0.15, 0.2) is 18.2 Å². The van der Waals surface area contributed by atoms with Crippen molar-refractivity contribution in [3.05, 3.63) is 39.7 Å². The molecule has 1 aromatic carbocycles. The van der Waals surface area contributed by atoms with Gasteiger partial charge in [-0.2, -0.15) is 4.39 Å². The number of hydrogen-bond donors (Lipinski definition) is 2. The molecule has 0 spiro atoms. The Morgan fingerprint density at radius 1 is 1.45 bits per heavy atom. The Hall–Kier alpha value is -2.02. The smallest absolute Gasteiger partial charge is 0.310 e. The molecule has 1 heterocycles. The fourth-order valence-corrected chi connectivity index (χ4v) is 2.57. The first kappa shape index (κ1) is 14.4. The number of carboxylic acids is 1. The van der Waals surface area contributed by atoms with E-state index in [1.807, 2.05) is 0 Å². The summed E-state index contributed by atoms with van der Waals surface area (Å²) in [4.78, 5) is 21.3. The first-order valence-electron chi connectivity index (χ1n) is 6.31. The third-order valence-electron chi connectivity index (χ3n) is 3.77. The molecule has 0 amide bonds. The second-order valence-corrected chi connectivity index (χ2v) is 5.06. The van der Waals surface area contributed by atoms with Gasteiger partial charge in [-0.05, 0) is 44.0 Å². The topological polar surface area (TPSA) is 92.5 Å². The molecule has 108 valence electrons. The highest BCUT2D eigenvalue weighted by Gasteiger charge is 2.39. The molecule has 0 bridgehead atoms. The lowest BCUT2D eigenvalue weighted by Gasteiger charge is -2.33. The van der Waals surface area contributed by atoms with Gasteiger partial charge in [-0.1, -0.05) is 6.07 Å². The predicted molar refractivity (Wildman–Crippen MR) is 68.9 cm³/mol. The zero-order valence-corrected chi connectivity index (χ0v) is 10.8. The minimum atomic E-state index is -0.929. The van der Waals surface area contributed by atoms with Crippen LogP contribution in [-0.4, -0.2) is 29.1 Å². The molecule has 6 nitrogen and oxygen atoms in total. The first-order chi connectivity index (χ1) is 9.44. The highest BCUT2D eigenvalue weighted by molar-refractivity contribution is 5.75. The highest BCUT2D eigenvalue weighted by atomic mass is 19.1. The van der Waals surface area contributed by atoms with Crippen molar-refractivity contribution >= 4 is 11.7 Å². The van der Waals surface area contributed by atoms with Gasteiger partial charge in [-0.15, -0.1) is 0 Å². The van der Waals surface area contributed by atoms with Crippen LogP contribution in [0.5, 0.6) is 0 Å². The summed E-state index contributed by atoms with van der Waals surface area (Å²) in [7, 11) is 0. The fraction of sp³-hybridized carbons (Fsp3) is 0.462. The molecular formula is C13H15FN2O4. The number of nitrogens with zero attached hydrogens (tertiary/aromatic N) is 1. The van der Waals surface area contributed by atoms with Crippen molar-refractivity contribution in [2.75, 3.05) is 13.1 Å². The standard InChI is InChI=1S/C13H15FN2O4/c14-10-7-9(1-2-11(10)16(19)20)8-13(12(17)18)3-5-15-6-4-13/h1-2,7,15H,3-6,8H2,(H,17,18). The maximum atomic E-state index is 13.6. The van der Waals surface area contributed by atoms with Gasteiger partial charge >= 0.3 is 11.7 Å². The van der Waals surface area contributed by atoms with Gasteiger partial charge in [0.25, 0.3) is 0 Å². The van der Waals surface area contributed by atoms with Crippen molar-refractivity contribution in [1.29, 1.82) is 0 Å². The largest absolute Gasteiger partial charge is 0.481 e. The molecule has 1 saturated heterocycles. The Bertz CT molecular complexity index is 541. The van der Waals surface area contributed by atoms with E-state index in [0.717, 1.165) is 12.1 Å². The normalized spacial score (nSPS) is 17.6. The Morgan fingerprint density at radius 3 is 2.60 bits per heavy atom. The van der Waals surface area contributed by atoms with Crippen molar-refractivity contribution in [2.45, 2.75) is 19.3 Å². The van der Waals surface area contributed by atoms with Gasteiger partial charge in [0.2, 0.25) is 5.82 Å². The van der Waals surface area contributed by atoms with Gasteiger partial charge < -0.3 is 10.4 Å². The van der Waals surface area contributed by atoms with Crippen LogP contribution < -0.4 is 5.32 Å². The number of piperidine rings is 1. The van der Waals surface area contributed by atoms with Crippen molar-refractivity contribution in [3.63, 3.8) is 0 Å². The van der Waals surface area contributed by atoms with Crippen LogP contribution in [0.4, 0.5) is 10.1 Å². The lowest BCUT2D eigenvalue weighted by atomic mass is 9.74. The van der Waals surface area contributed by atoms with Crippen LogP contribution in [-0.2, 0) is 11.2 Å². The lowest BCUT2D eigenvalue weighted by Crippen LogP contribution is -2.43. The van der Waals surface area contributed by atoms with Gasteiger partial charge in [0.15, 0.2) is 0 Å². The molecule has 2 rings (SSSR count). The molecule has 1 aromatic rings. The van der Waals surface area contributed by atoms with Crippen LogP contribution in [0, 0.1) is 21.3 Å². The summed E-state index contributed by atoms with van der Waals surface area (Å²) in [5, 5.41) is 23.1. The summed E-state index contributed by atoms with van der Waals surface area (Å²) < 4.78 is 13.6. The second-order valence-electron chi connectivity index (χ2n) is 5.06. The van der Waals surface area contributed by atoms with E-state index in [9.17, 15) is 24.4 Å². The number of carbonyl (C=O) groups is 1. The minimum absolute atomic E-state index is 0.179. The maximum Gasteiger partial charge on any atom is 0.310 e. The number of rotatable bonds is 4.